The van der Waals surface area contributed by atoms with Gasteiger partial charge in [0.1, 0.15) is 11.3 Å². The van der Waals surface area contributed by atoms with Crippen molar-refractivity contribution in [3.8, 4) is 11.5 Å². The van der Waals surface area contributed by atoms with E-state index < -0.39 is 5.56 Å². The monoisotopic (exact) mass is 365 g/mol. The van der Waals surface area contributed by atoms with Gasteiger partial charge in [-0.1, -0.05) is 12.1 Å². The minimum Gasteiger partial charge on any atom is -0.463 e. The lowest BCUT2D eigenvalue weighted by molar-refractivity contribution is 0.0751. The van der Waals surface area contributed by atoms with E-state index in [0.29, 0.717) is 24.5 Å². The molecule has 0 aliphatic carbocycles. The van der Waals surface area contributed by atoms with Gasteiger partial charge in [-0.15, -0.1) is 0 Å². The molecule has 6 heteroatoms. The maximum atomic E-state index is 12.8. The second-order valence-electron chi connectivity index (χ2n) is 6.47. The van der Waals surface area contributed by atoms with E-state index in [9.17, 15) is 9.59 Å². The Morgan fingerprint density at radius 2 is 1.81 bits per heavy atom. The van der Waals surface area contributed by atoms with Crippen LogP contribution in [0.4, 0.5) is 5.69 Å². The van der Waals surface area contributed by atoms with Gasteiger partial charge in [0.2, 0.25) is 0 Å². The van der Waals surface area contributed by atoms with Crippen molar-refractivity contribution in [1.29, 1.82) is 0 Å². The molecule has 0 aliphatic rings. The highest BCUT2D eigenvalue weighted by Gasteiger charge is 2.18. The number of rotatable bonds is 6. The summed E-state index contributed by atoms with van der Waals surface area (Å²) in [4.78, 5) is 31.7. The van der Waals surface area contributed by atoms with E-state index in [1.165, 1.54) is 6.26 Å². The minimum absolute atomic E-state index is 0.122. The van der Waals surface area contributed by atoms with Crippen molar-refractivity contribution in [2.24, 2.45) is 0 Å². The summed E-state index contributed by atoms with van der Waals surface area (Å²) in [6.45, 7) is 2.85. The maximum absolute atomic E-state index is 12.8. The Morgan fingerprint density at radius 3 is 2.37 bits per heavy atom. The number of carbonyl (C=O) groups is 1. The van der Waals surface area contributed by atoms with Gasteiger partial charge >= 0.3 is 0 Å². The van der Waals surface area contributed by atoms with Crippen molar-refractivity contribution in [2.45, 2.75) is 13.5 Å². The average Bonchev–Trinajstić information content (AvgIpc) is 3.20. The summed E-state index contributed by atoms with van der Waals surface area (Å²) >= 11 is 0. The molecule has 0 atom stereocenters. The van der Waals surface area contributed by atoms with Crippen LogP contribution in [0.25, 0.3) is 11.5 Å². The molecule has 1 N–H and O–H groups in total. The number of aromatic amines is 1. The average molecular weight is 365 g/mol. The van der Waals surface area contributed by atoms with Crippen molar-refractivity contribution in [3.63, 3.8) is 0 Å². The summed E-state index contributed by atoms with van der Waals surface area (Å²) in [7, 11) is 3.96. The molecule has 6 nitrogen and oxygen atoms in total. The zero-order valence-corrected chi connectivity index (χ0v) is 15.7. The molecule has 1 amide bonds. The smallest absolute Gasteiger partial charge is 0.261 e. The molecule has 0 bridgehead atoms. The number of pyridine rings is 1. The SMILES string of the molecule is CCN(Cc1ccc(N(C)C)cc1)C(=O)c1ccc(-c2ccco2)[nH]c1=O. The molecular weight excluding hydrogens is 342 g/mol. The van der Waals surface area contributed by atoms with Crippen LogP contribution in [0.2, 0.25) is 0 Å². The van der Waals surface area contributed by atoms with Gasteiger partial charge in [0.05, 0.1) is 12.0 Å². The van der Waals surface area contributed by atoms with Gasteiger partial charge in [-0.25, -0.2) is 0 Å². The lowest BCUT2D eigenvalue weighted by Crippen LogP contribution is -2.34. The molecule has 0 fully saturated rings. The fraction of sp³-hybridized carbons (Fsp3) is 0.238. The standard InChI is InChI=1S/C21H23N3O3/c1-4-24(14-15-7-9-16(10-8-15)23(2)3)21(26)17-11-12-18(22-20(17)25)19-6-5-13-27-19/h5-13H,4,14H2,1-3H3,(H,22,25). The summed E-state index contributed by atoms with van der Waals surface area (Å²) in [5.74, 6) is 0.265. The fourth-order valence-corrected chi connectivity index (χ4v) is 2.84. The molecule has 0 spiro atoms. The number of benzene rings is 1. The van der Waals surface area contributed by atoms with E-state index >= 15 is 0 Å². The largest absolute Gasteiger partial charge is 0.463 e. The van der Waals surface area contributed by atoms with Gasteiger partial charge in [-0.3, -0.25) is 9.59 Å². The van der Waals surface area contributed by atoms with Crippen LogP contribution in [-0.4, -0.2) is 36.4 Å². The number of hydrogen-bond donors (Lipinski definition) is 1. The molecule has 140 valence electrons. The number of hydrogen-bond acceptors (Lipinski definition) is 4. The van der Waals surface area contributed by atoms with Gasteiger partial charge in [0.15, 0.2) is 0 Å². The molecule has 2 aromatic heterocycles. The van der Waals surface area contributed by atoms with Crippen molar-refractivity contribution >= 4 is 11.6 Å². The number of aromatic nitrogens is 1. The second kappa shape index (κ2) is 7.95. The fourth-order valence-electron chi connectivity index (χ4n) is 2.84. The Labute approximate surface area is 158 Å². The lowest BCUT2D eigenvalue weighted by Gasteiger charge is -2.21. The number of H-pyrrole nitrogens is 1. The van der Waals surface area contributed by atoms with E-state index in [4.69, 9.17) is 4.42 Å². The first-order chi connectivity index (χ1) is 13.0. The highest BCUT2D eigenvalue weighted by Crippen LogP contribution is 2.17. The molecule has 0 unspecified atom stereocenters. The van der Waals surface area contributed by atoms with Crippen molar-refractivity contribution in [1.82, 2.24) is 9.88 Å². The maximum Gasteiger partial charge on any atom is 0.261 e. The molecule has 1 aromatic carbocycles. The number of nitrogens with one attached hydrogen (secondary N) is 1. The zero-order chi connectivity index (χ0) is 19.4. The normalized spacial score (nSPS) is 10.6. The Hall–Kier alpha value is -3.28. The Bertz CT molecular complexity index is 957. The van der Waals surface area contributed by atoms with Crippen LogP contribution in [0.1, 0.15) is 22.8 Å². The molecular formula is C21H23N3O3. The number of amides is 1. The van der Waals surface area contributed by atoms with Crippen LogP contribution in [0.5, 0.6) is 0 Å². The van der Waals surface area contributed by atoms with E-state index in [2.05, 4.69) is 4.98 Å². The Balaban J connectivity index is 1.79. The first-order valence-corrected chi connectivity index (χ1v) is 8.82. The molecule has 0 aliphatic heterocycles. The first kappa shape index (κ1) is 18.5. The van der Waals surface area contributed by atoms with E-state index in [1.807, 2.05) is 50.2 Å². The second-order valence-corrected chi connectivity index (χ2v) is 6.47. The Kier molecular flexibility index (Phi) is 5.45. The van der Waals surface area contributed by atoms with E-state index in [0.717, 1.165) is 11.3 Å². The summed E-state index contributed by atoms with van der Waals surface area (Å²) in [5.41, 5.74) is 2.36. The molecule has 3 rings (SSSR count). The highest BCUT2D eigenvalue weighted by atomic mass is 16.3. The quantitative estimate of drug-likeness (QED) is 0.727. The van der Waals surface area contributed by atoms with Crippen molar-refractivity contribution in [3.05, 3.63) is 76.3 Å². The van der Waals surface area contributed by atoms with Gasteiger partial charge in [0.25, 0.3) is 11.5 Å². The van der Waals surface area contributed by atoms with Crippen LogP contribution >= 0.6 is 0 Å². The van der Waals surface area contributed by atoms with E-state index in [-0.39, 0.29) is 11.5 Å². The Morgan fingerprint density at radius 1 is 1.07 bits per heavy atom. The molecule has 0 saturated carbocycles. The number of furan rings is 1. The summed E-state index contributed by atoms with van der Waals surface area (Å²) in [5, 5.41) is 0. The minimum atomic E-state index is -0.421. The highest BCUT2D eigenvalue weighted by molar-refractivity contribution is 5.94. The molecule has 0 saturated heterocycles. The number of anilines is 1. The summed E-state index contributed by atoms with van der Waals surface area (Å²) in [6.07, 6.45) is 1.53. The number of carbonyl (C=O) groups excluding carboxylic acids is 1. The molecule has 3 aromatic rings. The lowest BCUT2D eigenvalue weighted by atomic mass is 10.1. The van der Waals surface area contributed by atoms with Gasteiger partial charge in [0, 0.05) is 32.9 Å². The van der Waals surface area contributed by atoms with Gasteiger partial charge in [-0.2, -0.15) is 0 Å². The summed E-state index contributed by atoms with van der Waals surface area (Å²) in [6, 6.07) is 14.8. The third-order valence-corrected chi connectivity index (χ3v) is 4.42. The van der Waals surface area contributed by atoms with Crippen LogP contribution in [-0.2, 0) is 6.54 Å². The molecule has 27 heavy (non-hydrogen) atoms. The molecule has 0 radical (unpaired) electrons. The number of nitrogens with zero attached hydrogens (tertiary/aromatic N) is 2. The zero-order valence-electron chi connectivity index (χ0n) is 15.7. The van der Waals surface area contributed by atoms with Crippen molar-refractivity contribution in [2.75, 3.05) is 25.5 Å². The van der Waals surface area contributed by atoms with Crippen LogP contribution in [0.15, 0.2) is 64.0 Å². The van der Waals surface area contributed by atoms with Crippen LogP contribution < -0.4 is 10.5 Å². The van der Waals surface area contributed by atoms with Gasteiger partial charge in [-0.05, 0) is 48.9 Å². The van der Waals surface area contributed by atoms with E-state index in [1.54, 1.807) is 29.2 Å². The van der Waals surface area contributed by atoms with Crippen LogP contribution in [0, 0.1) is 0 Å². The predicted octanol–water partition coefficient (Wildman–Crippen LogP) is 3.36. The van der Waals surface area contributed by atoms with Crippen molar-refractivity contribution < 1.29 is 9.21 Å². The third-order valence-electron chi connectivity index (χ3n) is 4.42. The third kappa shape index (κ3) is 4.11. The predicted molar refractivity (Wildman–Crippen MR) is 106 cm³/mol. The summed E-state index contributed by atoms with van der Waals surface area (Å²) < 4.78 is 5.28. The van der Waals surface area contributed by atoms with Crippen LogP contribution in [0.3, 0.4) is 0 Å². The van der Waals surface area contributed by atoms with Gasteiger partial charge < -0.3 is 19.2 Å². The topological polar surface area (TPSA) is 69.5 Å². The first-order valence-electron chi connectivity index (χ1n) is 8.82. The molecule has 2 heterocycles.